The fraction of sp³-hybridized carbons (Fsp3) is 0.846. The summed E-state index contributed by atoms with van der Waals surface area (Å²) in [5.41, 5.74) is 0. The fourth-order valence-electron chi connectivity index (χ4n) is 2.48. The minimum atomic E-state index is -0.834. The number of rotatable bonds is 4. The maximum absolute atomic E-state index is 12.1. The van der Waals surface area contributed by atoms with Gasteiger partial charge in [-0.15, -0.1) is 0 Å². The number of carboxylic acid groups (broad SMARTS) is 1. The highest BCUT2D eigenvalue weighted by Gasteiger charge is 2.34. The van der Waals surface area contributed by atoms with Crippen molar-refractivity contribution in [1.82, 2.24) is 10.2 Å². The summed E-state index contributed by atoms with van der Waals surface area (Å²) in [5.74, 6) is 0.223. The van der Waals surface area contributed by atoms with E-state index in [9.17, 15) is 9.59 Å². The van der Waals surface area contributed by atoms with Gasteiger partial charge >= 0.3 is 12.0 Å². The smallest absolute Gasteiger partial charge is 0.317 e. The Morgan fingerprint density at radius 1 is 1.28 bits per heavy atom. The molecular formula is C13H22N2O3. The molecule has 1 saturated heterocycles. The summed E-state index contributed by atoms with van der Waals surface area (Å²) in [4.78, 5) is 24.6. The number of nitrogens with zero attached hydrogens (tertiary/aromatic N) is 1. The molecule has 2 fully saturated rings. The molecule has 0 aromatic heterocycles. The van der Waals surface area contributed by atoms with Gasteiger partial charge in [-0.25, -0.2) is 4.79 Å². The summed E-state index contributed by atoms with van der Waals surface area (Å²) >= 11 is 0. The molecular weight excluding hydrogens is 232 g/mol. The fourth-order valence-corrected chi connectivity index (χ4v) is 2.48. The number of carbonyl (C=O) groups is 2. The predicted molar refractivity (Wildman–Crippen MR) is 67.3 cm³/mol. The van der Waals surface area contributed by atoms with Gasteiger partial charge in [0.05, 0.1) is 6.42 Å². The Labute approximate surface area is 108 Å². The van der Waals surface area contributed by atoms with E-state index in [1.807, 2.05) is 4.90 Å². The standard InChI is InChI=1S/C13H22N2O3/c1-9-4-6-15(7-5-9)13(18)14-11(8-12(16)17)10-2-3-10/h9-11H,2-8H2,1H3,(H,14,18)(H,16,17). The first-order valence-electron chi connectivity index (χ1n) is 6.83. The lowest BCUT2D eigenvalue weighted by Crippen LogP contribution is -2.48. The number of likely N-dealkylation sites (tertiary alicyclic amines) is 1. The molecule has 5 heteroatoms. The van der Waals surface area contributed by atoms with E-state index in [0.29, 0.717) is 11.8 Å². The number of hydrogen-bond acceptors (Lipinski definition) is 2. The van der Waals surface area contributed by atoms with E-state index in [2.05, 4.69) is 12.2 Å². The first-order chi connectivity index (χ1) is 8.56. The van der Waals surface area contributed by atoms with Gasteiger partial charge in [0.2, 0.25) is 0 Å². The van der Waals surface area contributed by atoms with Crippen LogP contribution in [0.1, 0.15) is 39.0 Å². The van der Waals surface area contributed by atoms with Gasteiger partial charge in [0.15, 0.2) is 0 Å². The van der Waals surface area contributed by atoms with E-state index in [-0.39, 0.29) is 18.5 Å². The normalized spacial score (nSPS) is 22.6. The van der Waals surface area contributed by atoms with Crippen molar-refractivity contribution in [2.45, 2.75) is 45.1 Å². The highest BCUT2D eigenvalue weighted by atomic mass is 16.4. The van der Waals surface area contributed by atoms with E-state index >= 15 is 0 Å². The molecule has 1 unspecified atom stereocenters. The first-order valence-corrected chi connectivity index (χ1v) is 6.83. The van der Waals surface area contributed by atoms with E-state index in [1.54, 1.807) is 0 Å². The van der Waals surface area contributed by atoms with Gasteiger partial charge in [0.25, 0.3) is 0 Å². The van der Waals surface area contributed by atoms with E-state index < -0.39 is 5.97 Å². The molecule has 1 aliphatic carbocycles. The lowest BCUT2D eigenvalue weighted by atomic mass is 9.99. The Bertz CT molecular complexity index is 320. The van der Waals surface area contributed by atoms with Gasteiger partial charge in [-0.1, -0.05) is 6.92 Å². The number of aliphatic carboxylic acids is 1. The second-order valence-electron chi connectivity index (χ2n) is 5.66. The van der Waals surface area contributed by atoms with Crippen molar-refractivity contribution in [3.05, 3.63) is 0 Å². The molecule has 2 aliphatic rings. The molecule has 18 heavy (non-hydrogen) atoms. The molecule has 1 saturated carbocycles. The van der Waals surface area contributed by atoms with E-state index in [4.69, 9.17) is 5.11 Å². The second kappa shape index (κ2) is 5.59. The number of amides is 2. The van der Waals surface area contributed by atoms with Crippen molar-refractivity contribution in [3.8, 4) is 0 Å². The van der Waals surface area contributed by atoms with Crippen LogP contribution < -0.4 is 5.32 Å². The lowest BCUT2D eigenvalue weighted by molar-refractivity contribution is -0.137. The summed E-state index contributed by atoms with van der Waals surface area (Å²) in [7, 11) is 0. The largest absolute Gasteiger partial charge is 0.481 e. The minimum absolute atomic E-state index is 0.0423. The Morgan fingerprint density at radius 3 is 2.39 bits per heavy atom. The number of carboxylic acids is 1. The number of carbonyl (C=O) groups excluding carboxylic acids is 1. The van der Waals surface area contributed by atoms with Crippen LogP contribution in [0.15, 0.2) is 0 Å². The SMILES string of the molecule is CC1CCN(C(=O)NC(CC(=O)O)C2CC2)CC1. The van der Waals surface area contributed by atoms with Crippen LogP contribution in [0.4, 0.5) is 4.79 Å². The molecule has 2 amide bonds. The van der Waals surface area contributed by atoms with Crippen molar-refractivity contribution in [2.75, 3.05) is 13.1 Å². The van der Waals surface area contributed by atoms with Crippen LogP contribution in [-0.2, 0) is 4.79 Å². The van der Waals surface area contributed by atoms with Crippen LogP contribution in [-0.4, -0.2) is 41.1 Å². The molecule has 0 bridgehead atoms. The molecule has 0 radical (unpaired) electrons. The van der Waals surface area contributed by atoms with Gasteiger partial charge in [-0.3, -0.25) is 4.79 Å². The average Bonchev–Trinajstić information content (AvgIpc) is 3.12. The summed E-state index contributed by atoms with van der Waals surface area (Å²) in [6, 6.07) is -0.269. The Hall–Kier alpha value is -1.26. The molecule has 5 nitrogen and oxygen atoms in total. The quantitative estimate of drug-likeness (QED) is 0.802. The van der Waals surface area contributed by atoms with Gasteiger partial charge in [0.1, 0.15) is 0 Å². The van der Waals surface area contributed by atoms with E-state index in [1.165, 1.54) is 0 Å². The molecule has 0 aromatic rings. The van der Waals surface area contributed by atoms with Crippen molar-refractivity contribution in [3.63, 3.8) is 0 Å². The summed E-state index contributed by atoms with van der Waals surface area (Å²) in [6.07, 6.45) is 4.20. The summed E-state index contributed by atoms with van der Waals surface area (Å²) < 4.78 is 0. The van der Waals surface area contributed by atoms with Crippen LogP contribution in [0, 0.1) is 11.8 Å². The average molecular weight is 254 g/mol. The van der Waals surface area contributed by atoms with E-state index in [0.717, 1.165) is 38.8 Å². The lowest BCUT2D eigenvalue weighted by Gasteiger charge is -2.31. The number of nitrogens with one attached hydrogen (secondary N) is 1. The Morgan fingerprint density at radius 2 is 1.89 bits per heavy atom. The maximum atomic E-state index is 12.1. The third kappa shape index (κ3) is 3.62. The molecule has 102 valence electrons. The number of urea groups is 1. The molecule has 1 heterocycles. The maximum Gasteiger partial charge on any atom is 0.317 e. The monoisotopic (exact) mass is 254 g/mol. The highest BCUT2D eigenvalue weighted by molar-refractivity contribution is 5.76. The van der Waals surface area contributed by atoms with Crippen LogP contribution in [0.3, 0.4) is 0 Å². The molecule has 1 aliphatic heterocycles. The van der Waals surface area contributed by atoms with Gasteiger partial charge < -0.3 is 15.3 Å². The van der Waals surface area contributed by atoms with Crippen molar-refractivity contribution < 1.29 is 14.7 Å². The highest BCUT2D eigenvalue weighted by Crippen LogP contribution is 2.34. The molecule has 1 atom stereocenters. The number of hydrogen-bond donors (Lipinski definition) is 2. The van der Waals surface area contributed by atoms with Gasteiger partial charge in [0, 0.05) is 19.1 Å². The first kappa shape index (κ1) is 13.2. The predicted octanol–water partition coefficient (Wildman–Crippen LogP) is 1.68. The summed E-state index contributed by atoms with van der Waals surface area (Å²) in [6.45, 7) is 3.78. The topological polar surface area (TPSA) is 69.6 Å². The third-order valence-corrected chi connectivity index (χ3v) is 3.97. The third-order valence-electron chi connectivity index (χ3n) is 3.97. The van der Waals surface area contributed by atoms with Crippen molar-refractivity contribution >= 4 is 12.0 Å². The molecule has 2 rings (SSSR count). The molecule has 2 N–H and O–H groups in total. The van der Waals surface area contributed by atoms with Crippen LogP contribution >= 0.6 is 0 Å². The van der Waals surface area contributed by atoms with Crippen LogP contribution in [0.2, 0.25) is 0 Å². The zero-order valence-electron chi connectivity index (χ0n) is 10.9. The molecule has 0 spiro atoms. The van der Waals surface area contributed by atoms with Gasteiger partial charge in [-0.05, 0) is 37.5 Å². The Kier molecular flexibility index (Phi) is 4.09. The van der Waals surface area contributed by atoms with Crippen LogP contribution in [0.25, 0.3) is 0 Å². The minimum Gasteiger partial charge on any atom is -0.481 e. The zero-order valence-corrected chi connectivity index (χ0v) is 10.9. The van der Waals surface area contributed by atoms with Crippen molar-refractivity contribution in [2.24, 2.45) is 11.8 Å². The second-order valence-corrected chi connectivity index (χ2v) is 5.66. The van der Waals surface area contributed by atoms with Crippen LogP contribution in [0.5, 0.6) is 0 Å². The van der Waals surface area contributed by atoms with Crippen molar-refractivity contribution in [1.29, 1.82) is 0 Å². The zero-order chi connectivity index (χ0) is 13.1. The summed E-state index contributed by atoms with van der Waals surface area (Å²) in [5, 5.41) is 11.8. The number of piperidine rings is 1. The van der Waals surface area contributed by atoms with Gasteiger partial charge in [-0.2, -0.15) is 0 Å². The molecule has 0 aromatic carbocycles. The Balaban J connectivity index is 1.82.